The van der Waals surface area contributed by atoms with Crippen LogP contribution >= 0.6 is 0 Å². The van der Waals surface area contributed by atoms with Crippen LogP contribution in [0.5, 0.6) is 0 Å². The van der Waals surface area contributed by atoms with Gasteiger partial charge in [-0.05, 0) is 0 Å². The summed E-state index contributed by atoms with van der Waals surface area (Å²) in [5.74, 6) is 0. The van der Waals surface area contributed by atoms with Gasteiger partial charge in [0.25, 0.3) is 0 Å². The second kappa shape index (κ2) is 75.2. The van der Waals surface area contributed by atoms with Crippen LogP contribution in [0.15, 0.2) is 0 Å². The Kier molecular flexibility index (Phi) is 1500. The third-order valence-electron chi connectivity index (χ3n) is 0. The zero-order valence-corrected chi connectivity index (χ0v) is 9.32. The van der Waals surface area contributed by atoms with Gasteiger partial charge < -0.3 is 1.43 Å². The van der Waals surface area contributed by atoms with Gasteiger partial charge in [-0.15, -0.1) is 0 Å². The van der Waals surface area contributed by atoms with Gasteiger partial charge in [-0.3, -0.25) is 23.5 Å². The molecule has 0 aromatic carbocycles. The third-order valence-corrected chi connectivity index (χ3v) is 0. The van der Waals surface area contributed by atoms with Crippen molar-refractivity contribution in [3.8, 4) is 0 Å². The Hall–Kier alpha value is 1.70. The molecule has 0 bridgehead atoms. The second-order valence-electron chi connectivity index (χ2n) is 0. The van der Waals surface area contributed by atoms with Crippen molar-refractivity contribution in [2.24, 2.45) is 0 Å². The first kappa shape index (κ1) is 119. The Morgan fingerprint density at radius 2 is 0.500 bits per heavy atom. The van der Waals surface area contributed by atoms with Crippen LogP contribution in [0.1, 0.15) is 1.43 Å². The molecule has 6 heteroatoms. The fourth-order valence-electron chi connectivity index (χ4n) is 0. The Balaban J connectivity index is 0. The van der Waals surface area contributed by atoms with Crippen molar-refractivity contribution in [3.63, 3.8) is 0 Å². The quantitative estimate of drug-likeness (QED) is 0.420. The average molecular weight is 234 g/mol. The predicted octanol–water partition coefficient (Wildman–Crippen LogP) is -2.12. The normalized spacial score (nSPS) is 0. The summed E-state index contributed by atoms with van der Waals surface area (Å²) >= 11 is 0. The van der Waals surface area contributed by atoms with E-state index >= 15 is 0 Å². The molecular formula is H6CsF5. The van der Waals surface area contributed by atoms with Crippen LogP contribution < -0.4 is 68.9 Å². The van der Waals surface area contributed by atoms with Crippen LogP contribution in [0, 0.1) is 0 Å². The smallest absolute Gasteiger partial charge is 1.00 e. The minimum absolute atomic E-state index is 0. The number of hydrogen-bond acceptors (Lipinski definition) is 0. The molecule has 0 unspecified atom stereocenters. The monoisotopic (exact) mass is 234 g/mol. The van der Waals surface area contributed by atoms with E-state index in [1.54, 1.807) is 0 Å². The first-order valence-electron chi connectivity index (χ1n) is 0. The molecule has 42 valence electrons. The van der Waals surface area contributed by atoms with Crippen molar-refractivity contribution in [2.45, 2.75) is 0 Å². The van der Waals surface area contributed by atoms with E-state index in [-0.39, 0.29) is 93.8 Å². The van der Waals surface area contributed by atoms with Gasteiger partial charge in [0, 0.05) is 0 Å². The molecule has 0 aromatic rings. The molecule has 0 amide bonds. The summed E-state index contributed by atoms with van der Waals surface area (Å²) in [4.78, 5) is 0. The molecule has 0 fully saturated rings. The van der Waals surface area contributed by atoms with Crippen LogP contribution in [0.25, 0.3) is 0 Å². The first-order valence-corrected chi connectivity index (χ1v) is 0. The van der Waals surface area contributed by atoms with Gasteiger partial charge in [-0.25, -0.2) is 0 Å². The van der Waals surface area contributed by atoms with E-state index < -0.39 is 0 Å². The van der Waals surface area contributed by atoms with Gasteiger partial charge in [-0.2, -0.15) is 0 Å². The van der Waals surface area contributed by atoms with Gasteiger partial charge in [-0.1, -0.05) is 0 Å². The van der Waals surface area contributed by atoms with Crippen molar-refractivity contribution in [3.05, 3.63) is 0 Å². The number of hydrogen-bond donors (Lipinski definition) is 0. The van der Waals surface area contributed by atoms with Crippen LogP contribution in [0.2, 0.25) is 0 Å². The summed E-state index contributed by atoms with van der Waals surface area (Å²) in [7, 11) is 0. The number of halogens is 5. The molecule has 0 N–H and O–H groups in total. The molecule has 0 spiro atoms. The zero-order valence-electron chi connectivity index (χ0n) is 4.04. The second-order valence-corrected chi connectivity index (χ2v) is 0. The molecule has 0 aliphatic carbocycles. The van der Waals surface area contributed by atoms with Crippen LogP contribution in [-0.2, 0) is 0 Å². The molecule has 0 aromatic heterocycles. The van der Waals surface area contributed by atoms with E-state index in [1.165, 1.54) is 0 Å². The van der Waals surface area contributed by atoms with Crippen LogP contribution in [0.4, 0.5) is 23.5 Å². The van der Waals surface area contributed by atoms with E-state index in [2.05, 4.69) is 0 Å². The van der Waals surface area contributed by atoms with Gasteiger partial charge in [0.1, 0.15) is 0 Å². The Morgan fingerprint density at radius 3 is 0.500 bits per heavy atom. The van der Waals surface area contributed by atoms with Gasteiger partial charge in [0.05, 0.1) is 0 Å². The number of rotatable bonds is 0. The summed E-state index contributed by atoms with van der Waals surface area (Å²) in [5, 5.41) is 0. The van der Waals surface area contributed by atoms with Gasteiger partial charge in [0.2, 0.25) is 0 Å². The summed E-state index contributed by atoms with van der Waals surface area (Å²) in [6, 6.07) is 0. The Bertz CT molecular complexity index is 8.04. The minimum Gasteiger partial charge on any atom is -1.00 e. The van der Waals surface area contributed by atoms with E-state index in [0.29, 0.717) is 0 Å². The SMILES string of the molecule is F.F.F.F.F.[Cs+].[H-]. The van der Waals surface area contributed by atoms with E-state index in [1.807, 2.05) is 0 Å². The summed E-state index contributed by atoms with van der Waals surface area (Å²) in [5.41, 5.74) is 0. The van der Waals surface area contributed by atoms with Crippen molar-refractivity contribution in [1.82, 2.24) is 0 Å². The molecule has 0 atom stereocenters. The molecule has 0 aliphatic rings. The fourth-order valence-corrected chi connectivity index (χ4v) is 0. The maximum absolute atomic E-state index is 0. The van der Waals surface area contributed by atoms with Crippen molar-refractivity contribution in [2.75, 3.05) is 0 Å². The molecule has 0 saturated heterocycles. The third kappa shape index (κ3) is 43.5. The van der Waals surface area contributed by atoms with Crippen molar-refractivity contribution in [1.29, 1.82) is 0 Å². The van der Waals surface area contributed by atoms with E-state index in [4.69, 9.17) is 0 Å². The molecular weight excluding hydrogens is 228 g/mol. The largest absolute Gasteiger partial charge is 1.00 e. The molecule has 6 heavy (non-hydrogen) atoms. The van der Waals surface area contributed by atoms with Gasteiger partial charge >= 0.3 is 68.9 Å². The maximum Gasteiger partial charge on any atom is 1.00 e. The topological polar surface area (TPSA) is 0 Å². The summed E-state index contributed by atoms with van der Waals surface area (Å²) in [6.07, 6.45) is 0. The Labute approximate surface area is 91.8 Å². The van der Waals surface area contributed by atoms with Crippen molar-refractivity contribution < 1.29 is 93.8 Å². The standard InChI is InChI=1S/Cs.5FH.H/h;5*1H;/q+1;;;;;;-1. The molecule has 0 radical (unpaired) electrons. The van der Waals surface area contributed by atoms with Crippen molar-refractivity contribution >= 4 is 0 Å². The van der Waals surface area contributed by atoms with Crippen LogP contribution in [-0.4, -0.2) is 0 Å². The summed E-state index contributed by atoms with van der Waals surface area (Å²) < 4.78 is 0. The zero-order chi connectivity index (χ0) is 0. The van der Waals surface area contributed by atoms with E-state index in [9.17, 15) is 0 Å². The maximum atomic E-state index is 0. The molecule has 0 heterocycles. The molecule has 0 saturated carbocycles. The summed E-state index contributed by atoms with van der Waals surface area (Å²) in [6.45, 7) is 0. The Morgan fingerprint density at radius 1 is 0.500 bits per heavy atom. The molecule has 0 rings (SSSR count). The molecule has 0 aliphatic heterocycles. The predicted molar refractivity (Wildman–Crippen MR) is 13.6 cm³/mol. The van der Waals surface area contributed by atoms with E-state index in [0.717, 1.165) is 0 Å². The minimum atomic E-state index is 0. The fraction of sp³-hybridized carbons (Fsp3) is 0. The van der Waals surface area contributed by atoms with Gasteiger partial charge in [0.15, 0.2) is 0 Å². The van der Waals surface area contributed by atoms with Crippen LogP contribution in [0.3, 0.4) is 0 Å². The average Bonchev–Trinajstić information content (AvgIpc) is 0. The first-order chi connectivity index (χ1) is 0. The molecule has 0 nitrogen and oxygen atoms in total.